The van der Waals surface area contributed by atoms with Crippen molar-refractivity contribution in [1.82, 2.24) is 0 Å². The number of hydrogen-bond acceptors (Lipinski definition) is 1. The normalized spacial score (nSPS) is 51.9. The Morgan fingerprint density at radius 3 is 2.16 bits per heavy atom. The van der Waals surface area contributed by atoms with Gasteiger partial charge in [-0.15, -0.1) is 0 Å². The molecule has 0 radical (unpaired) electrons. The van der Waals surface area contributed by atoms with Crippen LogP contribution in [-0.4, -0.2) is 5.78 Å². The lowest BCUT2D eigenvalue weighted by atomic mass is 9.41. The molecule has 32 heavy (non-hydrogen) atoms. The van der Waals surface area contributed by atoms with E-state index in [2.05, 4.69) is 55.4 Å². The summed E-state index contributed by atoms with van der Waals surface area (Å²) in [6, 6.07) is 0. The number of Topliss-reactive ketones (excluding diaryl/α,β-unsaturated/α-hetero) is 1. The second kappa shape index (κ2) is 7.10. The molecule has 0 heterocycles. The SMILES string of the molecule is CC(C)C(=O)CC[C@@H](C)C1CC[C@@]2(C)C3CCC4C(C)(C)[C@@H](C)CC[C@@]45C[C@@]35CC[C@]12C. The van der Waals surface area contributed by atoms with Crippen molar-refractivity contribution >= 4 is 5.78 Å². The summed E-state index contributed by atoms with van der Waals surface area (Å²) in [6.07, 6.45) is 15.3. The quantitative estimate of drug-likeness (QED) is 0.418. The molecule has 5 aliphatic carbocycles. The molecule has 2 spiro atoms. The Labute approximate surface area is 199 Å². The van der Waals surface area contributed by atoms with Gasteiger partial charge in [0, 0.05) is 12.3 Å². The van der Waals surface area contributed by atoms with E-state index in [4.69, 9.17) is 0 Å². The Morgan fingerprint density at radius 2 is 1.47 bits per heavy atom. The van der Waals surface area contributed by atoms with Gasteiger partial charge in [0.2, 0.25) is 0 Å². The van der Waals surface area contributed by atoms with Crippen LogP contribution in [0.15, 0.2) is 0 Å². The predicted octanol–water partition coefficient (Wildman–Crippen LogP) is 8.70. The largest absolute Gasteiger partial charge is 0.299 e. The van der Waals surface area contributed by atoms with Crippen molar-refractivity contribution in [2.24, 2.45) is 62.6 Å². The van der Waals surface area contributed by atoms with Crippen molar-refractivity contribution < 1.29 is 4.79 Å². The van der Waals surface area contributed by atoms with Crippen LogP contribution in [0.5, 0.6) is 0 Å². The van der Waals surface area contributed by atoms with E-state index in [0.717, 1.165) is 36.5 Å². The van der Waals surface area contributed by atoms with E-state index >= 15 is 0 Å². The summed E-state index contributed by atoms with van der Waals surface area (Å²) < 4.78 is 0. The zero-order chi connectivity index (χ0) is 23.3. The van der Waals surface area contributed by atoms with Crippen LogP contribution < -0.4 is 0 Å². The summed E-state index contributed by atoms with van der Waals surface area (Å²) in [6.45, 7) is 19.8. The fourth-order valence-corrected chi connectivity index (χ4v) is 11.4. The Bertz CT molecular complexity index is 779. The lowest BCUT2D eigenvalue weighted by Gasteiger charge is -2.63. The summed E-state index contributed by atoms with van der Waals surface area (Å²) in [5.41, 5.74) is 2.92. The highest BCUT2D eigenvalue weighted by molar-refractivity contribution is 5.80. The van der Waals surface area contributed by atoms with Gasteiger partial charge in [-0.25, -0.2) is 0 Å². The van der Waals surface area contributed by atoms with E-state index in [-0.39, 0.29) is 5.92 Å². The molecule has 1 nitrogen and oxygen atoms in total. The van der Waals surface area contributed by atoms with Crippen molar-refractivity contribution in [3.05, 3.63) is 0 Å². The van der Waals surface area contributed by atoms with Gasteiger partial charge < -0.3 is 0 Å². The van der Waals surface area contributed by atoms with E-state index in [1.54, 1.807) is 6.42 Å². The first-order valence-electron chi connectivity index (χ1n) is 14.4. The second-order valence-corrected chi connectivity index (χ2v) is 15.0. The van der Waals surface area contributed by atoms with Crippen molar-refractivity contribution in [2.75, 3.05) is 0 Å². The van der Waals surface area contributed by atoms with E-state index in [1.807, 2.05) is 0 Å². The molecule has 182 valence electrons. The number of carbonyl (C=O) groups excluding carboxylic acids is 1. The maximum absolute atomic E-state index is 12.3. The third-order valence-corrected chi connectivity index (χ3v) is 13.9. The minimum absolute atomic E-state index is 0.199. The molecule has 0 N–H and O–H groups in total. The van der Waals surface area contributed by atoms with Crippen LogP contribution in [0.1, 0.15) is 126 Å². The number of hydrogen-bond donors (Lipinski definition) is 0. The highest BCUT2D eigenvalue weighted by Gasteiger charge is 2.81. The average Bonchev–Trinajstić information content (AvgIpc) is 3.31. The molecule has 5 rings (SSSR count). The lowest BCUT2D eigenvalue weighted by molar-refractivity contribution is -0.149. The third kappa shape index (κ3) is 2.72. The molecule has 5 fully saturated rings. The van der Waals surface area contributed by atoms with Gasteiger partial charge in [0.1, 0.15) is 5.78 Å². The molecule has 5 saturated carbocycles. The van der Waals surface area contributed by atoms with Gasteiger partial charge in [-0.3, -0.25) is 4.79 Å². The zero-order valence-electron chi connectivity index (χ0n) is 22.7. The fraction of sp³-hybridized carbons (Fsp3) is 0.968. The molecule has 0 aromatic rings. The topological polar surface area (TPSA) is 17.1 Å². The zero-order valence-corrected chi connectivity index (χ0v) is 22.7. The number of carbonyl (C=O) groups is 1. The molecule has 0 aromatic heterocycles. The lowest BCUT2D eigenvalue weighted by Crippen LogP contribution is -2.56. The van der Waals surface area contributed by atoms with Crippen LogP contribution in [-0.2, 0) is 4.79 Å². The second-order valence-electron chi connectivity index (χ2n) is 15.0. The molecule has 0 amide bonds. The average molecular weight is 441 g/mol. The van der Waals surface area contributed by atoms with E-state index in [9.17, 15) is 4.79 Å². The van der Waals surface area contributed by atoms with E-state index in [1.165, 1.54) is 51.4 Å². The molecule has 0 bridgehead atoms. The summed E-state index contributed by atoms with van der Waals surface area (Å²) in [4.78, 5) is 12.3. The van der Waals surface area contributed by atoms with Crippen molar-refractivity contribution in [2.45, 2.75) is 126 Å². The van der Waals surface area contributed by atoms with Crippen LogP contribution in [0.4, 0.5) is 0 Å². The highest BCUT2D eigenvalue weighted by atomic mass is 16.1. The van der Waals surface area contributed by atoms with Gasteiger partial charge in [-0.2, -0.15) is 0 Å². The minimum atomic E-state index is 0.199. The molecule has 1 heteroatoms. The van der Waals surface area contributed by atoms with Gasteiger partial charge >= 0.3 is 0 Å². The fourth-order valence-electron chi connectivity index (χ4n) is 11.4. The van der Waals surface area contributed by atoms with Crippen LogP contribution >= 0.6 is 0 Å². The predicted molar refractivity (Wildman–Crippen MR) is 134 cm³/mol. The molecular formula is C31H52O. The van der Waals surface area contributed by atoms with Gasteiger partial charge in [0.05, 0.1) is 0 Å². The van der Waals surface area contributed by atoms with Crippen molar-refractivity contribution in [1.29, 1.82) is 0 Å². The Morgan fingerprint density at radius 1 is 0.812 bits per heavy atom. The van der Waals surface area contributed by atoms with E-state index < -0.39 is 0 Å². The smallest absolute Gasteiger partial charge is 0.135 e. The molecule has 5 aliphatic rings. The van der Waals surface area contributed by atoms with Crippen molar-refractivity contribution in [3.8, 4) is 0 Å². The summed E-state index contributed by atoms with van der Waals surface area (Å²) >= 11 is 0. The molecule has 9 atom stereocenters. The van der Waals surface area contributed by atoms with Gasteiger partial charge in [-0.1, -0.05) is 55.4 Å². The number of ketones is 1. The molecule has 0 saturated heterocycles. The van der Waals surface area contributed by atoms with Crippen LogP contribution in [0.3, 0.4) is 0 Å². The first kappa shape index (κ1) is 23.4. The maximum atomic E-state index is 12.3. The molecule has 0 aromatic carbocycles. The van der Waals surface area contributed by atoms with E-state index in [0.29, 0.717) is 38.8 Å². The molecule has 0 aliphatic heterocycles. The molecular weight excluding hydrogens is 388 g/mol. The van der Waals surface area contributed by atoms with Crippen LogP contribution in [0.2, 0.25) is 0 Å². The first-order chi connectivity index (χ1) is 14.9. The number of fused-ring (bicyclic) bond motifs is 2. The van der Waals surface area contributed by atoms with Crippen molar-refractivity contribution in [3.63, 3.8) is 0 Å². The Balaban J connectivity index is 1.39. The Hall–Kier alpha value is -0.330. The molecule has 3 unspecified atom stereocenters. The monoisotopic (exact) mass is 440 g/mol. The van der Waals surface area contributed by atoms with Gasteiger partial charge in [-0.05, 0) is 121 Å². The van der Waals surface area contributed by atoms with Crippen LogP contribution in [0.25, 0.3) is 0 Å². The third-order valence-electron chi connectivity index (χ3n) is 13.9. The highest BCUT2D eigenvalue weighted by Crippen LogP contribution is 2.89. The number of rotatable bonds is 5. The summed E-state index contributed by atoms with van der Waals surface area (Å²) in [5.74, 6) is 5.01. The summed E-state index contributed by atoms with van der Waals surface area (Å²) in [5, 5.41) is 0. The Kier molecular flexibility index (Phi) is 5.19. The maximum Gasteiger partial charge on any atom is 0.135 e. The summed E-state index contributed by atoms with van der Waals surface area (Å²) in [7, 11) is 0. The van der Waals surface area contributed by atoms with Gasteiger partial charge in [0.25, 0.3) is 0 Å². The van der Waals surface area contributed by atoms with Crippen LogP contribution in [0, 0.1) is 62.6 Å². The first-order valence-corrected chi connectivity index (χ1v) is 14.4. The minimum Gasteiger partial charge on any atom is -0.299 e. The van der Waals surface area contributed by atoms with Gasteiger partial charge in [0.15, 0.2) is 0 Å². The standard InChI is InChI=1S/C31H52O/c1-20(2)24(32)10-9-21(3)23-14-15-29(8)26-12-11-25-27(5,6)22(4)13-16-30(25)19-31(26,30)18-17-28(23,29)7/h20-23,25-26H,9-19H2,1-8H3/t21-,22+,23?,25?,26?,28-,29+,30-,31+/m1/s1.